The minimum absolute atomic E-state index is 0.122. The van der Waals surface area contributed by atoms with Crippen LogP contribution in [0.2, 0.25) is 0 Å². The highest BCUT2D eigenvalue weighted by atomic mass is 16.4. The second kappa shape index (κ2) is 6.41. The van der Waals surface area contributed by atoms with Crippen LogP contribution in [0.5, 0.6) is 0 Å². The Hall–Kier alpha value is -2.04. The van der Waals surface area contributed by atoms with Gasteiger partial charge in [-0.2, -0.15) is 0 Å². The largest absolute Gasteiger partial charge is 0.481 e. The molecule has 0 saturated heterocycles. The van der Waals surface area contributed by atoms with E-state index < -0.39 is 11.9 Å². The van der Waals surface area contributed by atoms with Crippen LogP contribution >= 0.6 is 0 Å². The van der Waals surface area contributed by atoms with Gasteiger partial charge in [0, 0.05) is 24.3 Å². The maximum atomic E-state index is 12.2. The quantitative estimate of drug-likeness (QED) is 0.767. The fourth-order valence-corrected chi connectivity index (χ4v) is 2.34. The topological polar surface area (TPSA) is 78.4 Å². The van der Waals surface area contributed by atoms with E-state index in [9.17, 15) is 9.59 Å². The fourth-order valence-electron chi connectivity index (χ4n) is 2.34. The lowest BCUT2D eigenvalue weighted by molar-refractivity contribution is -0.141. The highest BCUT2D eigenvalue weighted by molar-refractivity contribution is 5.97. The first-order valence-corrected chi connectivity index (χ1v) is 6.96. The Balaban J connectivity index is 1.98. The Morgan fingerprint density at radius 2 is 2.25 bits per heavy atom. The van der Waals surface area contributed by atoms with Gasteiger partial charge in [-0.05, 0) is 37.0 Å². The number of carboxylic acid groups (broad SMARTS) is 1. The lowest BCUT2D eigenvalue weighted by Gasteiger charge is -2.20. The molecule has 1 unspecified atom stereocenters. The molecule has 1 atom stereocenters. The summed E-state index contributed by atoms with van der Waals surface area (Å²) in [4.78, 5) is 22.9. The van der Waals surface area contributed by atoms with Crippen molar-refractivity contribution in [2.45, 2.75) is 26.2 Å². The molecule has 1 amide bonds. The smallest absolute Gasteiger partial charge is 0.306 e. The third kappa shape index (κ3) is 3.29. The molecule has 2 rings (SSSR count). The Labute approximate surface area is 118 Å². The Kier molecular flexibility index (Phi) is 4.61. The number of fused-ring (bicyclic) bond motifs is 1. The van der Waals surface area contributed by atoms with Gasteiger partial charge in [0.25, 0.3) is 5.91 Å². The number of aliphatic carboxylic acids is 1. The van der Waals surface area contributed by atoms with Crippen LogP contribution in [0.25, 0.3) is 0 Å². The molecule has 1 aliphatic rings. The van der Waals surface area contributed by atoms with E-state index in [1.165, 1.54) is 0 Å². The second-order valence-corrected chi connectivity index (χ2v) is 5.15. The number of carbonyl (C=O) groups excluding carboxylic acids is 1. The van der Waals surface area contributed by atoms with Gasteiger partial charge >= 0.3 is 5.97 Å². The van der Waals surface area contributed by atoms with Gasteiger partial charge in [0.2, 0.25) is 0 Å². The molecule has 0 bridgehead atoms. The number of amides is 1. The van der Waals surface area contributed by atoms with E-state index in [1.807, 2.05) is 18.2 Å². The van der Waals surface area contributed by atoms with Crippen LogP contribution in [-0.4, -0.2) is 30.1 Å². The zero-order valence-corrected chi connectivity index (χ0v) is 11.6. The summed E-state index contributed by atoms with van der Waals surface area (Å²) < 4.78 is 0. The van der Waals surface area contributed by atoms with Gasteiger partial charge in [-0.25, -0.2) is 0 Å². The zero-order chi connectivity index (χ0) is 14.5. The van der Waals surface area contributed by atoms with Gasteiger partial charge in [0.1, 0.15) is 0 Å². The lowest BCUT2D eigenvalue weighted by atomic mass is 9.97. The van der Waals surface area contributed by atoms with E-state index in [0.717, 1.165) is 30.6 Å². The van der Waals surface area contributed by atoms with Crippen molar-refractivity contribution in [3.63, 3.8) is 0 Å². The summed E-state index contributed by atoms with van der Waals surface area (Å²) in [5.41, 5.74) is 2.78. The van der Waals surface area contributed by atoms with Gasteiger partial charge in [0.05, 0.1) is 5.92 Å². The molecular formula is C15H20N2O3. The Morgan fingerprint density at radius 1 is 1.45 bits per heavy atom. The standard InChI is InChI=1S/C15H20N2O3/c1-10(15(19)20)7-9-17-14(18)12-4-2-6-13-11(12)5-3-8-16-13/h2,4,6,10,16H,3,5,7-9H2,1H3,(H,17,18)(H,19,20). The number of hydrogen-bond donors (Lipinski definition) is 3. The molecular weight excluding hydrogens is 256 g/mol. The monoisotopic (exact) mass is 276 g/mol. The van der Waals surface area contributed by atoms with Crippen LogP contribution in [0.1, 0.15) is 35.7 Å². The molecule has 108 valence electrons. The van der Waals surface area contributed by atoms with E-state index in [0.29, 0.717) is 18.5 Å². The normalized spacial score (nSPS) is 14.8. The average molecular weight is 276 g/mol. The predicted molar refractivity (Wildman–Crippen MR) is 77.0 cm³/mol. The number of hydrogen-bond acceptors (Lipinski definition) is 3. The van der Waals surface area contributed by atoms with Crippen LogP contribution in [0.4, 0.5) is 5.69 Å². The summed E-state index contributed by atoms with van der Waals surface area (Å²) in [6, 6.07) is 5.67. The van der Waals surface area contributed by atoms with Crippen LogP contribution in [0, 0.1) is 5.92 Å². The van der Waals surface area contributed by atoms with Crippen molar-refractivity contribution in [2.75, 3.05) is 18.4 Å². The molecule has 0 aliphatic carbocycles. The molecule has 1 heterocycles. The third-order valence-corrected chi connectivity index (χ3v) is 3.62. The summed E-state index contributed by atoms with van der Waals surface area (Å²) in [5, 5.41) is 14.9. The van der Waals surface area contributed by atoms with Gasteiger partial charge in [0.15, 0.2) is 0 Å². The van der Waals surface area contributed by atoms with Crippen molar-refractivity contribution in [3.8, 4) is 0 Å². The number of rotatable bonds is 5. The molecule has 3 N–H and O–H groups in total. The van der Waals surface area contributed by atoms with Gasteiger partial charge in [-0.1, -0.05) is 13.0 Å². The molecule has 0 radical (unpaired) electrons. The molecule has 0 saturated carbocycles. The van der Waals surface area contributed by atoms with Gasteiger partial charge < -0.3 is 15.7 Å². The van der Waals surface area contributed by atoms with Crippen molar-refractivity contribution in [2.24, 2.45) is 5.92 Å². The molecule has 0 aromatic heterocycles. The highest BCUT2D eigenvalue weighted by Crippen LogP contribution is 2.25. The van der Waals surface area contributed by atoms with E-state index in [-0.39, 0.29) is 5.91 Å². The molecule has 5 heteroatoms. The first-order chi connectivity index (χ1) is 9.59. The highest BCUT2D eigenvalue weighted by Gasteiger charge is 2.17. The van der Waals surface area contributed by atoms with Crippen LogP contribution in [-0.2, 0) is 11.2 Å². The van der Waals surface area contributed by atoms with Crippen LogP contribution in [0.15, 0.2) is 18.2 Å². The van der Waals surface area contributed by atoms with Gasteiger partial charge in [-0.15, -0.1) is 0 Å². The van der Waals surface area contributed by atoms with Crippen molar-refractivity contribution >= 4 is 17.6 Å². The predicted octanol–water partition coefficient (Wildman–Crippen LogP) is 1.89. The van der Waals surface area contributed by atoms with Crippen molar-refractivity contribution in [1.29, 1.82) is 0 Å². The number of carboxylic acids is 1. The van der Waals surface area contributed by atoms with Crippen molar-refractivity contribution in [3.05, 3.63) is 29.3 Å². The van der Waals surface area contributed by atoms with E-state index in [4.69, 9.17) is 5.11 Å². The number of nitrogens with one attached hydrogen (secondary N) is 2. The maximum absolute atomic E-state index is 12.2. The average Bonchev–Trinajstić information content (AvgIpc) is 2.46. The summed E-state index contributed by atoms with van der Waals surface area (Å²) in [7, 11) is 0. The summed E-state index contributed by atoms with van der Waals surface area (Å²) in [6.07, 6.45) is 2.36. The first kappa shape index (κ1) is 14.4. The molecule has 5 nitrogen and oxygen atoms in total. The van der Waals surface area contributed by atoms with E-state index in [2.05, 4.69) is 10.6 Å². The fraction of sp³-hybridized carbons (Fsp3) is 0.467. The molecule has 1 aromatic rings. The molecule has 1 aromatic carbocycles. The van der Waals surface area contributed by atoms with Crippen molar-refractivity contribution < 1.29 is 14.7 Å². The van der Waals surface area contributed by atoms with Crippen LogP contribution < -0.4 is 10.6 Å². The maximum Gasteiger partial charge on any atom is 0.306 e. The van der Waals surface area contributed by atoms with Crippen molar-refractivity contribution in [1.82, 2.24) is 5.32 Å². The molecule has 0 spiro atoms. The SMILES string of the molecule is CC(CCNC(=O)c1cccc2c1CCCN2)C(=O)O. The van der Waals surface area contributed by atoms with Gasteiger partial charge in [-0.3, -0.25) is 9.59 Å². The number of benzene rings is 1. The van der Waals surface area contributed by atoms with E-state index in [1.54, 1.807) is 6.92 Å². The Bertz CT molecular complexity index is 514. The number of anilines is 1. The van der Waals surface area contributed by atoms with E-state index >= 15 is 0 Å². The molecule has 0 fully saturated rings. The molecule has 20 heavy (non-hydrogen) atoms. The third-order valence-electron chi connectivity index (χ3n) is 3.62. The summed E-state index contributed by atoms with van der Waals surface area (Å²) >= 11 is 0. The first-order valence-electron chi connectivity index (χ1n) is 6.96. The minimum atomic E-state index is -0.833. The molecule has 1 aliphatic heterocycles. The minimum Gasteiger partial charge on any atom is -0.481 e. The lowest BCUT2D eigenvalue weighted by Crippen LogP contribution is -2.28. The summed E-state index contributed by atoms with van der Waals surface area (Å²) in [6.45, 7) is 2.96. The zero-order valence-electron chi connectivity index (χ0n) is 11.6. The second-order valence-electron chi connectivity index (χ2n) is 5.15. The summed E-state index contributed by atoms with van der Waals surface area (Å²) in [5.74, 6) is -1.40. The number of carbonyl (C=O) groups is 2. The van der Waals surface area contributed by atoms with Crippen LogP contribution in [0.3, 0.4) is 0 Å². The Morgan fingerprint density at radius 3 is 3.00 bits per heavy atom.